The average Bonchev–Trinajstić information content (AvgIpc) is 3.11. The fourth-order valence-corrected chi connectivity index (χ4v) is 5.50. The maximum Gasteiger partial charge on any atom is 0.284 e. The summed E-state index contributed by atoms with van der Waals surface area (Å²) in [5.41, 5.74) is 1.66. The molecule has 3 rings (SSSR count). The summed E-state index contributed by atoms with van der Waals surface area (Å²) in [5.74, 6) is 0.854. The number of ether oxygens (including phenoxy) is 2. The van der Waals surface area contributed by atoms with E-state index < -0.39 is 10.0 Å². The second kappa shape index (κ2) is 12.1. The van der Waals surface area contributed by atoms with Crippen LogP contribution in [0.5, 0.6) is 11.5 Å². The first-order valence-corrected chi connectivity index (χ1v) is 13.6. The highest BCUT2D eigenvalue weighted by molar-refractivity contribution is 8.19. The van der Waals surface area contributed by atoms with Gasteiger partial charge in [0.15, 0.2) is 16.7 Å². The van der Waals surface area contributed by atoms with E-state index in [2.05, 4.69) is 17.9 Å². The number of benzene rings is 2. The van der Waals surface area contributed by atoms with Gasteiger partial charge in [0.05, 0.1) is 23.5 Å². The summed E-state index contributed by atoms with van der Waals surface area (Å²) in [6.45, 7) is 8.42. The molecule has 0 unspecified atom stereocenters. The molecule has 0 spiro atoms. The second-order valence-corrected chi connectivity index (χ2v) is 10.6. The molecule has 0 saturated carbocycles. The van der Waals surface area contributed by atoms with Crippen LogP contribution in [0.4, 0.5) is 0 Å². The Labute approximate surface area is 211 Å². The number of sulfonamides is 1. The molecule has 1 saturated heterocycles. The van der Waals surface area contributed by atoms with E-state index in [4.69, 9.17) is 9.47 Å². The standard InChI is InChI=1S/C26H30N2O5S2/c1-5-7-8-16-33-22-14-11-20(17-23(22)32-4)18-24-25(29)28(15-6-2)26(34-24)27-35(30,31)21-12-9-19(3)10-13-21/h6,9-14,17-18H,2,5,7-8,15-16H2,1,3-4H3/b24-18-,27-26?. The predicted molar refractivity (Wildman–Crippen MR) is 141 cm³/mol. The van der Waals surface area contributed by atoms with Gasteiger partial charge in [-0.3, -0.25) is 9.69 Å². The first-order valence-electron chi connectivity index (χ1n) is 11.3. The molecule has 0 bridgehead atoms. The molecule has 1 fully saturated rings. The lowest BCUT2D eigenvalue weighted by molar-refractivity contribution is -0.121. The monoisotopic (exact) mass is 514 g/mol. The van der Waals surface area contributed by atoms with Crippen LogP contribution in [-0.2, 0) is 14.8 Å². The van der Waals surface area contributed by atoms with Crippen molar-refractivity contribution < 1.29 is 22.7 Å². The third-order valence-corrected chi connectivity index (χ3v) is 7.61. The molecule has 0 aromatic heterocycles. The minimum Gasteiger partial charge on any atom is -0.493 e. The Morgan fingerprint density at radius 3 is 2.51 bits per heavy atom. The summed E-state index contributed by atoms with van der Waals surface area (Å²) in [6, 6.07) is 11.8. The summed E-state index contributed by atoms with van der Waals surface area (Å²) in [7, 11) is -2.42. The molecule has 35 heavy (non-hydrogen) atoms. The number of hydrogen-bond donors (Lipinski definition) is 0. The van der Waals surface area contributed by atoms with Gasteiger partial charge in [-0.05, 0) is 61.0 Å². The number of hydrogen-bond acceptors (Lipinski definition) is 6. The molecule has 2 aromatic rings. The molecule has 1 amide bonds. The Bertz CT molecular complexity index is 1230. The number of amidine groups is 1. The van der Waals surface area contributed by atoms with Gasteiger partial charge in [0.2, 0.25) is 0 Å². The van der Waals surface area contributed by atoms with Gasteiger partial charge >= 0.3 is 0 Å². The molecule has 1 aliphatic rings. The van der Waals surface area contributed by atoms with Crippen LogP contribution in [0.15, 0.2) is 69.3 Å². The highest BCUT2D eigenvalue weighted by atomic mass is 32.2. The van der Waals surface area contributed by atoms with E-state index in [1.165, 1.54) is 23.1 Å². The van der Waals surface area contributed by atoms with Gasteiger partial charge in [0, 0.05) is 6.54 Å². The summed E-state index contributed by atoms with van der Waals surface area (Å²) >= 11 is 1.01. The van der Waals surface area contributed by atoms with E-state index in [0.29, 0.717) is 23.0 Å². The first-order chi connectivity index (χ1) is 16.8. The van der Waals surface area contributed by atoms with Crippen molar-refractivity contribution in [3.05, 3.63) is 71.2 Å². The van der Waals surface area contributed by atoms with Crippen molar-refractivity contribution in [1.82, 2.24) is 4.90 Å². The van der Waals surface area contributed by atoms with E-state index in [0.717, 1.165) is 42.2 Å². The van der Waals surface area contributed by atoms with E-state index in [1.807, 2.05) is 13.0 Å². The van der Waals surface area contributed by atoms with Crippen LogP contribution < -0.4 is 9.47 Å². The predicted octanol–water partition coefficient (Wildman–Crippen LogP) is 5.42. The highest BCUT2D eigenvalue weighted by Gasteiger charge is 2.34. The zero-order chi connectivity index (χ0) is 25.4. The SMILES string of the molecule is C=CCN1C(=O)/C(=C/c2ccc(OCCCCC)c(OC)c2)SC1=NS(=O)(=O)c1ccc(C)cc1. The van der Waals surface area contributed by atoms with Crippen molar-refractivity contribution in [3.8, 4) is 11.5 Å². The maximum absolute atomic E-state index is 13.1. The average molecular weight is 515 g/mol. The number of carbonyl (C=O) groups excluding carboxylic acids is 1. The summed E-state index contributed by atoms with van der Waals surface area (Å²) in [5, 5.41) is 0.0876. The summed E-state index contributed by atoms with van der Waals surface area (Å²) in [6.07, 6.45) is 6.38. The van der Waals surface area contributed by atoms with E-state index in [-0.39, 0.29) is 22.5 Å². The Morgan fingerprint density at radius 1 is 1.11 bits per heavy atom. The molecule has 0 atom stereocenters. The molecular formula is C26H30N2O5S2. The molecule has 9 heteroatoms. The van der Waals surface area contributed by atoms with Crippen LogP contribution in [0.2, 0.25) is 0 Å². The van der Waals surface area contributed by atoms with Crippen LogP contribution in [-0.4, -0.2) is 44.7 Å². The van der Waals surface area contributed by atoms with Crippen molar-refractivity contribution in [2.24, 2.45) is 4.40 Å². The van der Waals surface area contributed by atoms with E-state index in [1.54, 1.807) is 37.5 Å². The summed E-state index contributed by atoms with van der Waals surface area (Å²) in [4.78, 5) is 14.8. The van der Waals surface area contributed by atoms with Gasteiger partial charge in [-0.15, -0.1) is 11.0 Å². The van der Waals surface area contributed by atoms with Crippen LogP contribution >= 0.6 is 11.8 Å². The Kier molecular flexibility index (Phi) is 9.17. The first kappa shape index (κ1) is 26.6. The molecular weight excluding hydrogens is 484 g/mol. The van der Waals surface area contributed by atoms with E-state index in [9.17, 15) is 13.2 Å². The van der Waals surface area contributed by atoms with Crippen molar-refractivity contribution in [2.75, 3.05) is 20.3 Å². The molecule has 1 aliphatic heterocycles. The van der Waals surface area contributed by atoms with Gasteiger partial charge in [-0.2, -0.15) is 8.42 Å². The van der Waals surface area contributed by atoms with Crippen LogP contribution in [0.25, 0.3) is 6.08 Å². The number of nitrogens with zero attached hydrogens (tertiary/aromatic N) is 2. The normalized spacial score (nSPS) is 16.2. The van der Waals surface area contributed by atoms with Crippen LogP contribution in [0.3, 0.4) is 0 Å². The Balaban J connectivity index is 1.88. The number of methoxy groups -OCH3 is 1. The van der Waals surface area contributed by atoms with Crippen molar-refractivity contribution in [1.29, 1.82) is 0 Å². The zero-order valence-electron chi connectivity index (χ0n) is 20.2. The molecule has 0 N–H and O–H groups in total. The third kappa shape index (κ3) is 6.76. The van der Waals surface area contributed by atoms with Gasteiger partial charge in [-0.1, -0.05) is 49.6 Å². The van der Waals surface area contributed by atoms with Gasteiger partial charge in [-0.25, -0.2) is 0 Å². The van der Waals surface area contributed by atoms with Crippen molar-refractivity contribution in [3.63, 3.8) is 0 Å². The zero-order valence-corrected chi connectivity index (χ0v) is 21.8. The fourth-order valence-electron chi connectivity index (χ4n) is 3.31. The molecule has 1 heterocycles. The number of aryl methyl sites for hydroxylation is 1. The minimum atomic E-state index is -3.99. The number of amides is 1. The van der Waals surface area contributed by atoms with Gasteiger partial charge in [0.1, 0.15) is 0 Å². The van der Waals surface area contributed by atoms with Crippen molar-refractivity contribution >= 4 is 38.9 Å². The second-order valence-electron chi connectivity index (χ2n) is 7.94. The minimum absolute atomic E-state index is 0.0684. The third-order valence-electron chi connectivity index (χ3n) is 5.21. The van der Waals surface area contributed by atoms with Crippen molar-refractivity contribution in [2.45, 2.75) is 38.0 Å². The molecule has 0 radical (unpaired) electrons. The van der Waals surface area contributed by atoms with Crippen LogP contribution in [0.1, 0.15) is 37.3 Å². The quantitative estimate of drug-likeness (QED) is 0.226. The maximum atomic E-state index is 13.1. The lowest BCUT2D eigenvalue weighted by Crippen LogP contribution is -2.29. The lowest BCUT2D eigenvalue weighted by Gasteiger charge is -2.12. The topological polar surface area (TPSA) is 85.3 Å². The molecule has 186 valence electrons. The highest BCUT2D eigenvalue weighted by Crippen LogP contribution is 2.35. The molecule has 2 aromatic carbocycles. The largest absolute Gasteiger partial charge is 0.493 e. The Morgan fingerprint density at radius 2 is 1.86 bits per heavy atom. The van der Waals surface area contributed by atoms with Gasteiger partial charge in [0.25, 0.3) is 15.9 Å². The van der Waals surface area contributed by atoms with Gasteiger partial charge < -0.3 is 9.47 Å². The fraction of sp³-hybridized carbons (Fsp3) is 0.308. The number of rotatable bonds is 11. The Hall–Kier alpha value is -3.04. The summed E-state index contributed by atoms with van der Waals surface area (Å²) < 4.78 is 41.0. The lowest BCUT2D eigenvalue weighted by atomic mass is 10.2. The van der Waals surface area contributed by atoms with Crippen LogP contribution in [0, 0.1) is 6.92 Å². The smallest absolute Gasteiger partial charge is 0.284 e. The number of thioether (sulfide) groups is 1. The number of unbranched alkanes of at least 4 members (excludes halogenated alkanes) is 2. The molecule has 7 nitrogen and oxygen atoms in total. The molecule has 0 aliphatic carbocycles. The van der Waals surface area contributed by atoms with E-state index >= 15 is 0 Å². The number of carbonyl (C=O) groups is 1.